The van der Waals surface area contributed by atoms with E-state index in [2.05, 4.69) is 10.3 Å². The molecule has 0 aliphatic carbocycles. The van der Waals surface area contributed by atoms with Crippen LogP contribution in [0.3, 0.4) is 0 Å². The lowest BCUT2D eigenvalue weighted by molar-refractivity contribution is -0.142. The first-order chi connectivity index (χ1) is 12.4. The molecule has 7 heteroatoms. The Bertz CT molecular complexity index is 939. The van der Waals surface area contributed by atoms with E-state index in [4.69, 9.17) is 0 Å². The minimum absolute atomic E-state index is 0.0794. The van der Waals surface area contributed by atoms with Crippen LogP contribution in [0.25, 0.3) is 10.9 Å². The normalized spacial score (nSPS) is 13.3. The number of hydrogen-bond acceptors (Lipinski definition) is 3. The van der Waals surface area contributed by atoms with Crippen molar-refractivity contribution in [2.24, 2.45) is 0 Å². The Morgan fingerprint density at radius 3 is 2.54 bits per heavy atom. The van der Waals surface area contributed by atoms with Crippen molar-refractivity contribution >= 4 is 22.8 Å². The number of aliphatic hydroxyl groups excluding tert-OH is 1. The van der Waals surface area contributed by atoms with Crippen molar-refractivity contribution in [1.29, 1.82) is 0 Å². The summed E-state index contributed by atoms with van der Waals surface area (Å²) in [5.41, 5.74) is 1.39. The molecule has 3 rings (SSSR count). The number of carbonyl (C=O) groups is 2. The minimum atomic E-state index is -1.48. The first-order valence-corrected chi connectivity index (χ1v) is 7.98. The van der Waals surface area contributed by atoms with Crippen LogP contribution in [0.2, 0.25) is 0 Å². The molecule has 0 radical (unpaired) electrons. The van der Waals surface area contributed by atoms with Gasteiger partial charge in [0, 0.05) is 17.3 Å². The number of aliphatic carboxylic acids is 1. The number of fused-ring (bicyclic) bond motifs is 1. The number of carboxylic acids is 1. The number of hydrogen-bond donors (Lipinski definition) is 4. The quantitative estimate of drug-likeness (QED) is 0.543. The van der Waals surface area contributed by atoms with Gasteiger partial charge in [-0.05, 0) is 29.8 Å². The zero-order valence-corrected chi connectivity index (χ0v) is 13.6. The molecule has 26 heavy (non-hydrogen) atoms. The number of amides is 1. The van der Waals surface area contributed by atoms with Gasteiger partial charge in [0.1, 0.15) is 11.5 Å². The third kappa shape index (κ3) is 3.89. The number of aromatic nitrogens is 1. The van der Waals surface area contributed by atoms with Gasteiger partial charge < -0.3 is 20.5 Å². The van der Waals surface area contributed by atoms with E-state index >= 15 is 0 Å². The minimum Gasteiger partial charge on any atom is -0.480 e. The fraction of sp³-hybridized carbons (Fsp3) is 0.158. The van der Waals surface area contributed by atoms with E-state index in [-0.39, 0.29) is 12.1 Å². The molecular formula is C19H17FN2O4. The molecule has 2 atom stereocenters. The molecule has 6 nitrogen and oxygen atoms in total. The summed E-state index contributed by atoms with van der Waals surface area (Å²) in [6.07, 6.45) is -1.23. The van der Waals surface area contributed by atoms with Gasteiger partial charge in [0.2, 0.25) is 0 Å². The predicted molar refractivity (Wildman–Crippen MR) is 93.3 cm³/mol. The summed E-state index contributed by atoms with van der Waals surface area (Å²) in [5.74, 6) is -2.48. The molecule has 0 aliphatic rings. The molecule has 0 saturated carbocycles. The average Bonchev–Trinajstić information content (AvgIpc) is 3.03. The highest BCUT2D eigenvalue weighted by Gasteiger charge is 2.29. The predicted octanol–water partition coefficient (Wildman–Crippen LogP) is 2.09. The van der Waals surface area contributed by atoms with Gasteiger partial charge in [-0.1, -0.05) is 30.3 Å². The molecule has 2 aromatic carbocycles. The van der Waals surface area contributed by atoms with Gasteiger partial charge in [0.25, 0.3) is 5.91 Å². The van der Waals surface area contributed by atoms with E-state index in [1.54, 1.807) is 24.3 Å². The Labute approximate surface area is 148 Å². The second-order valence-corrected chi connectivity index (χ2v) is 5.96. The van der Waals surface area contributed by atoms with Crippen LogP contribution in [0.4, 0.5) is 4.39 Å². The first-order valence-electron chi connectivity index (χ1n) is 7.98. The van der Waals surface area contributed by atoms with Gasteiger partial charge in [0.15, 0.2) is 6.04 Å². The molecule has 4 N–H and O–H groups in total. The van der Waals surface area contributed by atoms with Gasteiger partial charge in [-0.25, -0.2) is 9.18 Å². The zero-order chi connectivity index (χ0) is 18.7. The molecule has 134 valence electrons. The molecule has 1 heterocycles. The summed E-state index contributed by atoms with van der Waals surface area (Å²) in [6, 6.07) is 12.8. The van der Waals surface area contributed by atoms with Crippen molar-refractivity contribution in [3.63, 3.8) is 0 Å². The van der Waals surface area contributed by atoms with Gasteiger partial charge in [-0.3, -0.25) is 4.79 Å². The lowest BCUT2D eigenvalue weighted by Crippen LogP contribution is -2.49. The Hall–Kier alpha value is -3.19. The lowest BCUT2D eigenvalue weighted by Gasteiger charge is -2.20. The molecule has 0 unspecified atom stereocenters. The van der Waals surface area contributed by atoms with E-state index in [1.807, 2.05) is 6.07 Å². The van der Waals surface area contributed by atoms with Crippen molar-refractivity contribution in [1.82, 2.24) is 10.3 Å². The van der Waals surface area contributed by atoms with Crippen molar-refractivity contribution < 1.29 is 24.2 Å². The summed E-state index contributed by atoms with van der Waals surface area (Å²) in [4.78, 5) is 26.6. The summed E-state index contributed by atoms with van der Waals surface area (Å²) >= 11 is 0. The Balaban J connectivity index is 1.75. The van der Waals surface area contributed by atoms with Gasteiger partial charge in [0.05, 0.1) is 6.10 Å². The second kappa shape index (κ2) is 7.37. The van der Waals surface area contributed by atoms with Crippen LogP contribution in [-0.4, -0.2) is 39.2 Å². The van der Waals surface area contributed by atoms with Crippen molar-refractivity contribution in [3.8, 4) is 0 Å². The van der Waals surface area contributed by atoms with E-state index in [9.17, 15) is 24.2 Å². The number of carbonyl (C=O) groups excluding carboxylic acids is 1. The molecule has 0 saturated heterocycles. The van der Waals surface area contributed by atoms with Gasteiger partial charge in [-0.15, -0.1) is 0 Å². The summed E-state index contributed by atoms with van der Waals surface area (Å²) in [7, 11) is 0. The Morgan fingerprint density at radius 1 is 1.12 bits per heavy atom. The van der Waals surface area contributed by atoms with Crippen molar-refractivity contribution in [3.05, 3.63) is 71.7 Å². The number of nitrogens with one attached hydrogen (secondary N) is 2. The number of H-pyrrole nitrogens is 1. The number of aromatic amines is 1. The van der Waals surface area contributed by atoms with Crippen LogP contribution in [0.5, 0.6) is 0 Å². The maximum atomic E-state index is 13.3. The van der Waals surface area contributed by atoms with Crippen LogP contribution < -0.4 is 5.32 Å². The molecule has 0 spiro atoms. The van der Waals surface area contributed by atoms with Gasteiger partial charge >= 0.3 is 5.97 Å². The van der Waals surface area contributed by atoms with Crippen LogP contribution in [-0.2, 0) is 11.2 Å². The van der Waals surface area contributed by atoms with Crippen LogP contribution in [0.15, 0.2) is 54.6 Å². The highest BCUT2D eigenvalue weighted by molar-refractivity contribution is 5.99. The molecular weight excluding hydrogens is 339 g/mol. The highest BCUT2D eigenvalue weighted by Crippen LogP contribution is 2.17. The molecule has 1 amide bonds. The highest BCUT2D eigenvalue weighted by atomic mass is 19.1. The second-order valence-electron chi connectivity index (χ2n) is 5.96. The number of aliphatic hydroxyl groups is 1. The van der Waals surface area contributed by atoms with E-state index < -0.39 is 29.8 Å². The molecule has 3 aromatic rings. The fourth-order valence-corrected chi connectivity index (χ4v) is 2.74. The van der Waals surface area contributed by atoms with Crippen molar-refractivity contribution in [2.75, 3.05) is 0 Å². The first kappa shape index (κ1) is 17.6. The SMILES string of the molecule is O=C(N[C@H](C(=O)O)[C@H](O)Cc1ccccc1)c1cc2cc(F)ccc2[nH]1. The zero-order valence-electron chi connectivity index (χ0n) is 13.6. The van der Waals surface area contributed by atoms with E-state index in [0.29, 0.717) is 10.9 Å². The molecule has 1 aromatic heterocycles. The topological polar surface area (TPSA) is 102 Å². The van der Waals surface area contributed by atoms with Crippen LogP contribution in [0.1, 0.15) is 16.1 Å². The summed E-state index contributed by atoms with van der Waals surface area (Å²) in [6.45, 7) is 0. The Kier molecular flexibility index (Phi) is 4.99. The molecule has 0 bridgehead atoms. The Morgan fingerprint density at radius 2 is 1.85 bits per heavy atom. The maximum absolute atomic E-state index is 13.3. The van der Waals surface area contributed by atoms with E-state index in [0.717, 1.165) is 5.56 Å². The van der Waals surface area contributed by atoms with E-state index in [1.165, 1.54) is 24.3 Å². The maximum Gasteiger partial charge on any atom is 0.328 e. The summed E-state index contributed by atoms with van der Waals surface area (Å²) in [5, 5.41) is 22.4. The lowest BCUT2D eigenvalue weighted by atomic mass is 10.0. The van der Waals surface area contributed by atoms with Crippen LogP contribution in [0, 0.1) is 5.82 Å². The molecule has 0 fully saturated rings. The fourth-order valence-electron chi connectivity index (χ4n) is 2.74. The number of halogens is 1. The largest absolute Gasteiger partial charge is 0.480 e. The standard InChI is InChI=1S/C19H17FN2O4/c20-13-6-7-14-12(9-13)10-15(21-14)18(24)22-17(19(25)26)16(23)8-11-4-2-1-3-5-11/h1-7,9-10,16-17,21,23H,8H2,(H,22,24)(H,25,26)/t16-,17+/m1/s1. The molecule has 0 aliphatic heterocycles. The third-order valence-electron chi connectivity index (χ3n) is 4.05. The summed E-state index contributed by atoms with van der Waals surface area (Å²) < 4.78 is 13.3. The van der Waals surface area contributed by atoms with Crippen molar-refractivity contribution in [2.45, 2.75) is 18.6 Å². The number of benzene rings is 2. The third-order valence-corrected chi connectivity index (χ3v) is 4.05. The smallest absolute Gasteiger partial charge is 0.328 e. The number of carboxylic acid groups (broad SMARTS) is 1. The number of rotatable bonds is 6. The van der Waals surface area contributed by atoms with Gasteiger partial charge in [-0.2, -0.15) is 0 Å². The van der Waals surface area contributed by atoms with Crippen LogP contribution >= 0.6 is 0 Å². The average molecular weight is 356 g/mol. The monoisotopic (exact) mass is 356 g/mol.